The average molecular weight is 440 g/mol. The van der Waals surface area contributed by atoms with Crippen LogP contribution in [0.25, 0.3) is 10.2 Å². The van der Waals surface area contributed by atoms with Gasteiger partial charge in [0.2, 0.25) is 0 Å². The van der Waals surface area contributed by atoms with Gasteiger partial charge in [-0.05, 0) is 34.7 Å². The molecule has 0 spiro atoms. The van der Waals surface area contributed by atoms with Crippen LogP contribution in [0.3, 0.4) is 0 Å². The molecule has 2 heterocycles. The van der Waals surface area contributed by atoms with Gasteiger partial charge >= 0.3 is 0 Å². The second-order valence-corrected chi connectivity index (χ2v) is 8.34. The molecule has 0 bridgehead atoms. The maximum Gasteiger partial charge on any atom is 0.272 e. The summed E-state index contributed by atoms with van der Waals surface area (Å²) in [4.78, 5) is 28.4. The normalized spacial score (nSPS) is 11.0. The van der Waals surface area contributed by atoms with Crippen LogP contribution in [0.15, 0.2) is 69.9 Å². The maximum absolute atomic E-state index is 13.1. The van der Waals surface area contributed by atoms with Crippen molar-refractivity contribution in [3.8, 4) is 5.75 Å². The fourth-order valence-corrected chi connectivity index (χ4v) is 4.71. The van der Waals surface area contributed by atoms with Crippen molar-refractivity contribution in [1.29, 1.82) is 0 Å². The predicted molar refractivity (Wildman–Crippen MR) is 119 cm³/mol. The molecule has 0 radical (unpaired) electrons. The number of aromatic nitrogens is 2. The van der Waals surface area contributed by atoms with Crippen LogP contribution >= 0.6 is 23.1 Å². The van der Waals surface area contributed by atoms with Crippen molar-refractivity contribution >= 4 is 39.0 Å². The van der Waals surface area contributed by atoms with Crippen LogP contribution in [0.1, 0.15) is 11.1 Å². The molecule has 4 aromatic rings. The minimum absolute atomic E-state index is 0.0463. The van der Waals surface area contributed by atoms with E-state index >= 15 is 0 Å². The highest BCUT2D eigenvalue weighted by atomic mass is 32.2. The van der Waals surface area contributed by atoms with Crippen LogP contribution in [-0.4, -0.2) is 21.6 Å². The van der Waals surface area contributed by atoms with Gasteiger partial charge in [0, 0.05) is 17.9 Å². The summed E-state index contributed by atoms with van der Waals surface area (Å²) < 4.78 is 7.47. The number of hydrogen-bond donors (Lipinski definition) is 0. The Balaban J connectivity index is 1.67. The lowest BCUT2D eigenvalue weighted by molar-refractivity contribution is -0.384. The third-order valence-electron chi connectivity index (χ3n) is 4.52. The Morgan fingerprint density at radius 2 is 1.97 bits per heavy atom. The molecule has 0 aliphatic rings. The van der Waals surface area contributed by atoms with E-state index in [0.717, 1.165) is 16.9 Å². The first kappa shape index (κ1) is 20.1. The van der Waals surface area contributed by atoms with E-state index in [0.29, 0.717) is 27.7 Å². The smallest absolute Gasteiger partial charge is 0.272 e. The van der Waals surface area contributed by atoms with Crippen LogP contribution in [-0.2, 0) is 12.3 Å². The van der Waals surface area contributed by atoms with E-state index in [1.165, 1.54) is 29.2 Å². The summed E-state index contributed by atoms with van der Waals surface area (Å²) in [5.41, 5.74) is 2.37. The Bertz CT molecular complexity index is 1270. The Hall–Kier alpha value is -3.17. The Kier molecular flexibility index (Phi) is 5.82. The number of non-ortho nitro benzene ring substituents is 1. The lowest BCUT2D eigenvalue weighted by atomic mass is 10.2. The van der Waals surface area contributed by atoms with Crippen LogP contribution in [0, 0.1) is 10.1 Å². The van der Waals surface area contributed by atoms with Crippen molar-refractivity contribution in [1.82, 2.24) is 9.55 Å². The fraction of sp³-hybridized carbons (Fsp3) is 0.143. The topological polar surface area (TPSA) is 87.3 Å². The van der Waals surface area contributed by atoms with Crippen LogP contribution in [0.2, 0.25) is 0 Å². The van der Waals surface area contributed by atoms with E-state index in [1.807, 2.05) is 41.8 Å². The second kappa shape index (κ2) is 8.68. The van der Waals surface area contributed by atoms with Gasteiger partial charge in [-0.25, -0.2) is 4.98 Å². The van der Waals surface area contributed by atoms with Gasteiger partial charge in [0.05, 0.1) is 24.1 Å². The van der Waals surface area contributed by atoms with Gasteiger partial charge in [-0.15, -0.1) is 11.3 Å². The molecule has 2 aromatic carbocycles. The van der Waals surface area contributed by atoms with Crippen molar-refractivity contribution in [2.24, 2.45) is 0 Å². The minimum Gasteiger partial charge on any atom is -0.497 e. The molecule has 0 amide bonds. The van der Waals surface area contributed by atoms with E-state index in [1.54, 1.807) is 23.8 Å². The molecular formula is C21H17N3O4S2. The molecule has 4 rings (SSSR count). The fourth-order valence-electron chi connectivity index (χ4n) is 2.99. The number of hydrogen-bond acceptors (Lipinski definition) is 7. The molecule has 9 heteroatoms. The number of nitro benzene ring substituents is 1. The summed E-state index contributed by atoms with van der Waals surface area (Å²) in [7, 11) is 1.61. The molecule has 0 aliphatic carbocycles. The second-order valence-electron chi connectivity index (χ2n) is 6.48. The van der Waals surface area contributed by atoms with Crippen molar-refractivity contribution < 1.29 is 9.66 Å². The minimum atomic E-state index is -0.413. The van der Waals surface area contributed by atoms with E-state index in [2.05, 4.69) is 4.98 Å². The lowest BCUT2D eigenvalue weighted by Crippen LogP contribution is -2.23. The molecule has 0 saturated heterocycles. The molecule has 0 N–H and O–H groups in total. The number of benzene rings is 2. The summed E-state index contributed by atoms with van der Waals surface area (Å²) in [6.45, 7) is 0.376. The van der Waals surface area contributed by atoms with Gasteiger partial charge < -0.3 is 4.74 Å². The zero-order chi connectivity index (χ0) is 21.1. The standard InChI is InChI=1S/C21H17N3O4S2/c1-28-17-7-5-14(6-8-17)12-23-20(25)19-18(9-10-29-19)22-21(23)30-13-15-3-2-4-16(11-15)24(26)27/h2-11H,12-13H2,1H3. The molecule has 152 valence electrons. The summed E-state index contributed by atoms with van der Waals surface area (Å²) in [5.74, 6) is 1.21. The first-order valence-electron chi connectivity index (χ1n) is 9.02. The van der Waals surface area contributed by atoms with E-state index in [-0.39, 0.29) is 11.2 Å². The van der Waals surface area contributed by atoms with Crippen LogP contribution in [0.5, 0.6) is 5.75 Å². The SMILES string of the molecule is COc1ccc(Cn2c(SCc3cccc([N+](=O)[O-])c3)nc3ccsc3c2=O)cc1. The lowest BCUT2D eigenvalue weighted by Gasteiger charge is -2.12. The van der Waals surface area contributed by atoms with Crippen molar-refractivity contribution in [3.63, 3.8) is 0 Å². The highest BCUT2D eigenvalue weighted by Crippen LogP contribution is 2.26. The molecule has 2 aromatic heterocycles. The average Bonchev–Trinajstić information content (AvgIpc) is 3.24. The van der Waals surface area contributed by atoms with Gasteiger partial charge in [-0.3, -0.25) is 19.5 Å². The molecule has 0 saturated carbocycles. The van der Waals surface area contributed by atoms with Gasteiger partial charge in [-0.2, -0.15) is 0 Å². The first-order chi connectivity index (χ1) is 14.5. The predicted octanol–water partition coefficient (Wildman–Crippen LogP) is 4.72. The quantitative estimate of drug-likeness (QED) is 0.179. The number of thioether (sulfide) groups is 1. The molecule has 30 heavy (non-hydrogen) atoms. The van der Waals surface area contributed by atoms with Gasteiger partial charge in [0.1, 0.15) is 10.4 Å². The zero-order valence-electron chi connectivity index (χ0n) is 16.0. The van der Waals surface area contributed by atoms with Crippen LogP contribution < -0.4 is 10.3 Å². The molecule has 0 fully saturated rings. The maximum atomic E-state index is 13.1. The number of nitro groups is 1. The molecule has 0 unspecified atom stereocenters. The van der Waals surface area contributed by atoms with Gasteiger partial charge in [-0.1, -0.05) is 36.0 Å². The Morgan fingerprint density at radius 1 is 1.17 bits per heavy atom. The monoisotopic (exact) mass is 439 g/mol. The summed E-state index contributed by atoms with van der Waals surface area (Å²) in [5, 5.41) is 13.5. The number of thiophene rings is 1. The van der Waals surface area contributed by atoms with Gasteiger partial charge in [0.25, 0.3) is 11.2 Å². The van der Waals surface area contributed by atoms with Crippen molar-refractivity contribution in [2.75, 3.05) is 7.11 Å². The molecule has 0 aliphatic heterocycles. The largest absolute Gasteiger partial charge is 0.497 e. The van der Waals surface area contributed by atoms with Crippen LogP contribution in [0.4, 0.5) is 5.69 Å². The number of rotatable bonds is 7. The molecular weight excluding hydrogens is 422 g/mol. The number of fused-ring (bicyclic) bond motifs is 1. The summed E-state index contributed by atoms with van der Waals surface area (Å²) in [6, 6.07) is 15.9. The molecule has 0 atom stereocenters. The summed E-state index contributed by atoms with van der Waals surface area (Å²) >= 11 is 2.76. The Morgan fingerprint density at radius 3 is 2.70 bits per heavy atom. The number of methoxy groups -OCH3 is 1. The molecule has 7 nitrogen and oxygen atoms in total. The number of nitrogens with zero attached hydrogens (tertiary/aromatic N) is 3. The van der Waals surface area contributed by atoms with Crippen molar-refractivity contribution in [2.45, 2.75) is 17.5 Å². The first-order valence-corrected chi connectivity index (χ1v) is 10.9. The van der Waals surface area contributed by atoms with Crippen molar-refractivity contribution in [3.05, 3.63) is 91.6 Å². The third kappa shape index (κ3) is 4.22. The highest BCUT2D eigenvalue weighted by Gasteiger charge is 2.14. The van der Waals surface area contributed by atoms with E-state index in [4.69, 9.17) is 4.74 Å². The zero-order valence-corrected chi connectivity index (χ0v) is 17.6. The Labute approximate surface area is 180 Å². The van der Waals surface area contributed by atoms with Gasteiger partial charge in [0.15, 0.2) is 5.16 Å². The highest BCUT2D eigenvalue weighted by molar-refractivity contribution is 7.98. The third-order valence-corrected chi connectivity index (χ3v) is 6.46. The van der Waals surface area contributed by atoms with E-state index in [9.17, 15) is 14.9 Å². The van der Waals surface area contributed by atoms with E-state index < -0.39 is 4.92 Å². The number of ether oxygens (including phenoxy) is 1. The summed E-state index contributed by atoms with van der Waals surface area (Å²) in [6.07, 6.45) is 0.